The Morgan fingerprint density at radius 2 is 1.89 bits per heavy atom. The third kappa shape index (κ3) is 10.9. The minimum absolute atomic E-state index is 0.266. The summed E-state index contributed by atoms with van der Waals surface area (Å²) in [5.41, 5.74) is 0. The molecule has 2 atom stereocenters. The van der Waals surface area contributed by atoms with Gasteiger partial charge in [0.05, 0.1) is 0 Å². The highest BCUT2D eigenvalue weighted by Crippen LogP contribution is 2.12. The van der Waals surface area contributed by atoms with E-state index in [2.05, 4.69) is 24.6 Å². The summed E-state index contributed by atoms with van der Waals surface area (Å²) in [6, 6.07) is 0. The van der Waals surface area contributed by atoms with Crippen LogP contribution in [0.15, 0.2) is 50.1 Å². The number of hydrogen-bond donors (Lipinski definition) is 0. The summed E-state index contributed by atoms with van der Waals surface area (Å²) >= 11 is 0. The van der Waals surface area contributed by atoms with Crippen LogP contribution in [0.5, 0.6) is 0 Å². The molecule has 102 valence electrons. The van der Waals surface area contributed by atoms with Crippen LogP contribution < -0.4 is 0 Å². The number of carbonyl (C=O) groups excluding carboxylic acids is 1. The quantitative estimate of drug-likeness (QED) is 0.215. The maximum atomic E-state index is 10.8. The van der Waals surface area contributed by atoms with Crippen molar-refractivity contribution in [1.29, 1.82) is 0 Å². The summed E-state index contributed by atoms with van der Waals surface area (Å²) in [4.78, 5) is 20.3. The Morgan fingerprint density at radius 3 is 2.33 bits per heavy atom. The van der Waals surface area contributed by atoms with Crippen LogP contribution in [0.4, 0.5) is 0 Å². The fraction of sp³-hybridized carbons (Fsp3) is 0.400. The Bertz CT molecular complexity index is 279. The first kappa shape index (κ1) is 18.7. The summed E-state index contributed by atoms with van der Waals surface area (Å²) in [6.45, 7) is 16.5. The zero-order chi connectivity index (χ0) is 14.4. The molecule has 0 saturated heterocycles. The molecule has 0 fully saturated rings. The summed E-state index contributed by atoms with van der Waals surface area (Å²) in [5.74, 6) is -0.342. The summed E-state index contributed by atoms with van der Waals surface area (Å²) in [6.07, 6.45) is 8.36. The van der Waals surface area contributed by atoms with E-state index in [1.54, 1.807) is 18.2 Å². The van der Waals surface area contributed by atoms with Crippen molar-refractivity contribution in [1.82, 2.24) is 0 Å². The molecular weight excluding hydrogens is 228 g/mol. The first-order valence-electron chi connectivity index (χ1n) is 6.05. The van der Waals surface area contributed by atoms with Gasteiger partial charge in [-0.05, 0) is 12.3 Å². The zero-order valence-corrected chi connectivity index (χ0v) is 11.6. The lowest BCUT2D eigenvalue weighted by Gasteiger charge is -2.14. The van der Waals surface area contributed by atoms with Gasteiger partial charge >= 0.3 is 5.97 Å². The van der Waals surface area contributed by atoms with Crippen molar-refractivity contribution >= 4 is 5.97 Å². The summed E-state index contributed by atoms with van der Waals surface area (Å²) in [7, 11) is 0. The van der Waals surface area contributed by atoms with Crippen molar-refractivity contribution in [3.63, 3.8) is 0 Å². The highest BCUT2D eigenvalue weighted by atomic mass is 17.2. The molecule has 0 spiro atoms. The molecular formula is C15H24O3. The van der Waals surface area contributed by atoms with Crippen molar-refractivity contribution < 1.29 is 14.6 Å². The van der Waals surface area contributed by atoms with E-state index in [4.69, 9.17) is 4.89 Å². The predicted octanol–water partition coefficient (Wildman–Crippen LogP) is 4.00. The molecule has 0 aromatic carbocycles. The highest BCUT2D eigenvalue weighted by molar-refractivity contribution is 5.80. The van der Waals surface area contributed by atoms with Gasteiger partial charge in [0.15, 0.2) is 0 Å². The molecule has 18 heavy (non-hydrogen) atoms. The number of carbonyl (C=O) groups is 1. The van der Waals surface area contributed by atoms with Gasteiger partial charge in [0.1, 0.15) is 6.10 Å². The van der Waals surface area contributed by atoms with Crippen LogP contribution in [0.2, 0.25) is 0 Å². The standard InChI is InChI=1S/C13H18O3.C2H6/c1-5-8-9-12(10-11(4)6-2)15-16-13(14)7-3;1-2/h5-9,11-12H,1-3,10H2,4H3;1-2H3/b9-8-;. The molecule has 0 amide bonds. The van der Waals surface area contributed by atoms with Gasteiger partial charge in [0.2, 0.25) is 0 Å². The highest BCUT2D eigenvalue weighted by Gasteiger charge is 2.11. The molecule has 3 nitrogen and oxygen atoms in total. The molecule has 0 aliphatic rings. The Kier molecular flexibility index (Phi) is 14.0. The van der Waals surface area contributed by atoms with Crippen LogP contribution in [0.25, 0.3) is 0 Å². The van der Waals surface area contributed by atoms with E-state index in [1.807, 2.05) is 26.8 Å². The van der Waals surface area contributed by atoms with E-state index in [-0.39, 0.29) is 12.0 Å². The second-order valence-electron chi connectivity index (χ2n) is 3.31. The van der Waals surface area contributed by atoms with Gasteiger partial charge in [-0.25, -0.2) is 4.79 Å². The van der Waals surface area contributed by atoms with Gasteiger partial charge in [0, 0.05) is 6.08 Å². The van der Waals surface area contributed by atoms with Gasteiger partial charge in [-0.1, -0.05) is 58.2 Å². The molecule has 0 aromatic rings. The molecule has 0 radical (unpaired) electrons. The minimum atomic E-state index is -0.608. The average molecular weight is 252 g/mol. The van der Waals surface area contributed by atoms with E-state index < -0.39 is 5.97 Å². The molecule has 0 rings (SSSR count). The van der Waals surface area contributed by atoms with E-state index in [1.165, 1.54) is 0 Å². The minimum Gasteiger partial charge on any atom is -0.293 e. The van der Waals surface area contributed by atoms with E-state index >= 15 is 0 Å². The second-order valence-corrected chi connectivity index (χ2v) is 3.31. The van der Waals surface area contributed by atoms with Crippen LogP contribution in [0.3, 0.4) is 0 Å². The first-order valence-corrected chi connectivity index (χ1v) is 6.05. The third-order valence-electron chi connectivity index (χ3n) is 1.89. The summed E-state index contributed by atoms with van der Waals surface area (Å²) < 4.78 is 0. The van der Waals surface area contributed by atoms with Gasteiger partial charge in [0.25, 0.3) is 0 Å². The maximum Gasteiger partial charge on any atom is 0.365 e. The van der Waals surface area contributed by atoms with Crippen molar-refractivity contribution in [2.45, 2.75) is 33.3 Å². The van der Waals surface area contributed by atoms with Crippen LogP contribution in [-0.2, 0) is 14.6 Å². The van der Waals surface area contributed by atoms with Gasteiger partial charge in [-0.15, -0.1) is 6.58 Å². The van der Waals surface area contributed by atoms with Crippen molar-refractivity contribution in [3.05, 3.63) is 50.1 Å². The van der Waals surface area contributed by atoms with Crippen LogP contribution in [-0.4, -0.2) is 12.1 Å². The molecule has 2 unspecified atom stereocenters. The average Bonchev–Trinajstić information content (AvgIpc) is 2.43. The lowest BCUT2D eigenvalue weighted by Crippen LogP contribution is -2.15. The van der Waals surface area contributed by atoms with Crippen LogP contribution in [0.1, 0.15) is 27.2 Å². The lowest BCUT2D eigenvalue weighted by atomic mass is 10.0. The van der Waals surface area contributed by atoms with Gasteiger partial charge in [-0.2, -0.15) is 4.89 Å². The Labute approximate surface area is 110 Å². The van der Waals surface area contributed by atoms with E-state index in [0.717, 1.165) is 6.08 Å². The smallest absolute Gasteiger partial charge is 0.293 e. The lowest BCUT2D eigenvalue weighted by molar-refractivity contribution is -0.286. The Balaban J connectivity index is 0. The molecule has 0 N–H and O–H groups in total. The van der Waals surface area contributed by atoms with Crippen molar-refractivity contribution in [2.24, 2.45) is 5.92 Å². The molecule has 0 heterocycles. The van der Waals surface area contributed by atoms with E-state index in [9.17, 15) is 4.79 Å². The Hall–Kier alpha value is -1.61. The largest absolute Gasteiger partial charge is 0.365 e. The van der Waals surface area contributed by atoms with Crippen LogP contribution in [0, 0.1) is 5.92 Å². The monoisotopic (exact) mass is 252 g/mol. The topological polar surface area (TPSA) is 35.5 Å². The SMILES string of the molecule is C=C/C=C\C(CC(C)C=C)OOC(=O)C=C.CC. The number of rotatable bonds is 8. The zero-order valence-electron chi connectivity index (χ0n) is 11.6. The molecule has 0 aliphatic heterocycles. The van der Waals surface area contributed by atoms with Crippen molar-refractivity contribution in [3.8, 4) is 0 Å². The molecule has 0 aromatic heterocycles. The summed E-state index contributed by atoms with van der Waals surface area (Å²) in [5, 5.41) is 0. The van der Waals surface area contributed by atoms with Gasteiger partial charge in [-0.3, -0.25) is 4.89 Å². The first-order chi connectivity index (χ1) is 8.63. The van der Waals surface area contributed by atoms with E-state index in [0.29, 0.717) is 6.42 Å². The molecule has 0 bridgehead atoms. The fourth-order valence-electron chi connectivity index (χ4n) is 0.958. The third-order valence-corrected chi connectivity index (χ3v) is 1.89. The van der Waals surface area contributed by atoms with Gasteiger partial charge < -0.3 is 0 Å². The van der Waals surface area contributed by atoms with Crippen molar-refractivity contribution in [2.75, 3.05) is 0 Å². The van der Waals surface area contributed by atoms with Crippen LogP contribution >= 0.6 is 0 Å². The number of allylic oxidation sites excluding steroid dienone is 3. The molecule has 0 saturated carbocycles. The fourth-order valence-corrected chi connectivity index (χ4v) is 0.958. The second kappa shape index (κ2) is 13.5. The molecule has 3 heteroatoms. The predicted molar refractivity (Wildman–Crippen MR) is 75.8 cm³/mol. The Morgan fingerprint density at radius 1 is 1.28 bits per heavy atom. The number of hydrogen-bond acceptors (Lipinski definition) is 3. The normalized spacial score (nSPS) is 12.8. The molecule has 0 aliphatic carbocycles. The maximum absolute atomic E-state index is 10.8.